The third-order valence-corrected chi connectivity index (χ3v) is 4.70. The summed E-state index contributed by atoms with van der Waals surface area (Å²) in [5.74, 6) is 1.54. The SMILES string of the molecule is CCOc1cc(CNCCCNC)cc(Br)c1OCc1ccccc1C. The Kier molecular flexibility index (Phi) is 8.95. The van der Waals surface area contributed by atoms with E-state index in [9.17, 15) is 0 Å². The molecular weight excluding hydrogens is 392 g/mol. The first-order valence-corrected chi connectivity index (χ1v) is 9.92. The summed E-state index contributed by atoms with van der Waals surface area (Å²) in [7, 11) is 1.97. The highest BCUT2D eigenvalue weighted by Crippen LogP contribution is 2.37. The van der Waals surface area contributed by atoms with Crippen molar-refractivity contribution in [3.8, 4) is 11.5 Å². The lowest BCUT2D eigenvalue weighted by molar-refractivity contribution is 0.267. The van der Waals surface area contributed by atoms with E-state index in [1.807, 2.05) is 26.1 Å². The van der Waals surface area contributed by atoms with Gasteiger partial charge in [0.05, 0.1) is 11.1 Å². The van der Waals surface area contributed by atoms with E-state index in [4.69, 9.17) is 9.47 Å². The molecule has 2 aromatic rings. The fraction of sp³-hybridized carbons (Fsp3) is 0.429. The van der Waals surface area contributed by atoms with Crippen LogP contribution in [0, 0.1) is 6.92 Å². The van der Waals surface area contributed by atoms with Crippen molar-refractivity contribution in [3.05, 3.63) is 57.6 Å². The van der Waals surface area contributed by atoms with Crippen LogP contribution in [-0.4, -0.2) is 26.7 Å². The molecule has 0 spiro atoms. The number of nitrogens with one attached hydrogen (secondary N) is 2. The molecule has 5 heteroatoms. The lowest BCUT2D eigenvalue weighted by Crippen LogP contribution is -2.19. The summed E-state index contributed by atoms with van der Waals surface area (Å²) in [5, 5.41) is 6.62. The Bertz CT molecular complexity index is 692. The number of rotatable bonds is 11. The van der Waals surface area contributed by atoms with E-state index in [0.29, 0.717) is 13.2 Å². The van der Waals surface area contributed by atoms with Gasteiger partial charge in [0.25, 0.3) is 0 Å². The van der Waals surface area contributed by atoms with Crippen LogP contribution >= 0.6 is 15.9 Å². The predicted octanol–water partition coefficient (Wildman–Crippen LogP) is 4.43. The Labute approximate surface area is 165 Å². The average molecular weight is 421 g/mol. The normalized spacial score (nSPS) is 10.8. The molecule has 0 amide bonds. The van der Waals surface area contributed by atoms with Crippen molar-refractivity contribution in [3.63, 3.8) is 0 Å². The molecule has 0 radical (unpaired) electrons. The van der Waals surface area contributed by atoms with Gasteiger partial charge in [-0.2, -0.15) is 0 Å². The largest absolute Gasteiger partial charge is 0.490 e. The fourth-order valence-corrected chi connectivity index (χ4v) is 3.28. The molecule has 0 bridgehead atoms. The molecule has 0 aliphatic carbocycles. The van der Waals surface area contributed by atoms with E-state index in [1.165, 1.54) is 16.7 Å². The maximum atomic E-state index is 6.10. The lowest BCUT2D eigenvalue weighted by atomic mass is 10.1. The van der Waals surface area contributed by atoms with Crippen LogP contribution in [-0.2, 0) is 13.2 Å². The highest BCUT2D eigenvalue weighted by molar-refractivity contribution is 9.10. The maximum absolute atomic E-state index is 6.10. The molecule has 0 aromatic heterocycles. The van der Waals surface area contributed by atoms with Gasteiger partial charge in [0.2, 0.25) is 0 Å². The quantitative estimate of drug-likeness (QED) is 0.527. The molecule has 2 N–H and O–H groups in total. The molecule has 26 heavy (non-hydrogen) atoms. The number of hydrogen-bond acceptors (Lipinski definition) is 4. The fourth-order valence-electron chi connectivity index (χ4n) is 2.67. The van der Waals surface area contributed by atoms with Gasteiger partial charge in [-0.25, -0.2) is 0 Å². The monoisotopic (exact) mass is 420 g/mol. The number of halogens is 1. The molecule has 0 fully saturated rings. The first kappa shape index (κ1) is 20.7. The third-order valence-electron chi connectivity index (χ3n) is 4.11. The molecule has 142 valence electrons. The van der Waals surface area contributed by atoms with Gasteiger partial charge in [-0.05, 0) is 85.2 Å². The van der Waals surface area contributed by atoms with Crippen molar-refractivity contribution in [2.45, 2.75) is 33.4 Å². The van der Waals surface area contributed by atoms with Crippen LogP contribution < -0.4 is 20.1 Å². The summed E-state index contributed by atoms with van der Waals surface area (Å²) in [4.78, 5) is 0. The van der Waals surface area contributed by atoms with Crippen molar-refractivity contribution in [2.24, 2.45) is 0 Å². The Morgan fingerprint density at radius 2 is 1.88 bits per heavy atom. The summed E-state index contributed by atoms with van der Waals surface area (Å²) in [5.41, 5.74) is 3.58. The van der Waals surface area contributed by atoms with E-state index in [-0.39, 0.29) is 0 Å². The highest BCUT2D eigenvalue weighted by Gasteiger charge is 2.13. The van der Waals surface area contributed by atoms with Crippen LogP contribution in [0.25, 0.3) is 0 Å². The molecule has 0 unspecified atom stereocenters. The highest BCUT2D eigenvalue weighted by atomic mass is 79.9. The number of aryl methyl sites for hydroxylation is 1. The summed E-state index contributed by atoms with van der Waals surface area (Å²) < 4.78 is 12.8. The van der Waals surface area contributed by atoms with Crippen molar-refractivity contribution in [2.75, 3.05) is 26.7 Å². The molecule has 4 nitrogen and oxygen atoms in total. The van der Waals surface area contributed by atoms with E-state index in [0.717, 1.165) is 42.0 Å². The summed E-state index contributed by atoms with van der Waals surface area (Å²) in [6, 6.07) is 12.4. The Balaban J connectivity index is 2.06. The van der Waals surface area contributed by atoms with Crippen molar-refractivity contribution >= 4 is 15.9 Å². The molecule has 0 aliphatic heterocycles. The van der Waals surface area contributed by atoms with Crippen molar-refractivity contribution in [1.82, 2.24) is 10.6 Å². The van der Waals surface area contributed by atoms with E-state index in [1.54, 1.807) is 0 Å². The zero-order chi connectivity index (χ0) is 18.8. The summed E-state index contributed by atoms with van der Waals surface area (Å²) in [6.45, 7) is 8.02. The van der Waals surface area contributed by atoms with Gasteiger partial charge in [-0.3, -0.25) is 0 Å². The van der Waals surface area contributed by atoms with Crippen LogP contribution in [0.15, 0.2) is 40.9 Å². The van der Waals surface area contributed by atoms with Crippen LogP contribution in [0.3, 0.4) is 0 Å². The van der Waals surface area contributed by atoms with Gasteiger partial charge in [0, 0.05) is 6.54 Å². The molecule has 0 saturated heterocycles. The number of benzene rings is 2. The van der Waals surface area contributed by atoms with E-state index in [2.05, 4.69) is 57.8 Å². The Morgan fingerprint density at radius 3 is 2.62 bits per heavy atom. The second-order valence-electron chi connectivity index (χ2n) is 6.19. The third kappa shape index (κ3) is 6.31. The molecule has 2 rings (SSSR count). The minimum absolute atomic E-state index is 0.521. The van der Waals surface area contributed by atoms with Crippen molar-refractivity contribution < 1.29 is 9.47 Å². The Hall–Kier alpha value is -1.56. The maximum Gasteiger partial charge on any atom is 0.175 e. The van der Waals surface area contributed by atoms with Gasteiger partial charge in [0.1, 0.15) is 6.61 Å². The Morgan fingerprint density at radius 1 is 1.08 bits per heavy atom. The zero-order valence-corrected chi connectivity index (χ0v) is 17.5. The minimum Gasteiger partial charge on any atom is -0.490 e. The van der Waals surface area contributed by atoms with E-state index < -0.39 is 0 Å². The standard InChI is InChI=1S/C21H29BrN2O2/c1-4-25-20-13-17(14-24-11-7-10-23-3)12-19(22)21(20)26-15-18-9-6-5-8-16(18)2/h5-6,8-9,12-13,23-24H,4,7,10-11,14-15H2,1-3H3. The second kappa shape index (κ2) is 11.2. The minimum atomic E-state index is 0.521. The predicted molar refractivity (Wildman–Crippen MR) is 111 cm³/mol. The van der Waals surface area contributed by atoms with Crippen LogP contribution in [0.1, 0.15) is 30.0 Å². The summed E-state index contributed by atoms with van der Waals surface area (Å²) >= 11 is 3.65. The average Bonchev–Trinajstić information content (AvgIpc) is 2.62. The molecule has 0 heterocycles. The van der Waals surface area contributed by atoms with Gasteiger partial charge in [-0.15, -0.1) is 0 Å². The number of ether oxygens (including phenoxy) is 2. The lowest BCUT2D eigenvalue weighted by Gasteiger charge is -2.16. The first-order chi connectivity index (χ1) is 12.7. The van der Waals surface area contributed by atoms with Gasteiger partial charge in [-0.1, -0.05) is 24.3 Å². The smallest absolute Gasteiger partial charge is 0.175 e. The van der Waals surface area contributed by atoms with Gasteiger partial charge < -0.3 is 20.1 Å². The second-order valence-corrected chi connectivity index (χ2v) is 7.04. The first-order valence-electron chi connectivity index (χ1n) is 9.13. The molecule has 0 aliphatic rings. The zero-order valence-electron chi connectivity index (χ0n) is 15.9. The molecule has 0 saturated carbocycles. The molecule has 2 aromatic carbocycles. The topological polar surface area (TPSA) is 42.5 Å². The van der Waals surface area contributed by atoms with Gasteiger partial charge >= 0.3 is 0 Å². The van der Waals surface area contributed by atoms with Crippen molar-refractivity contribution in [1.29, 1.82) is 0 Å². The summed E-state index contributed by atoms with van der Waals surface area (Å²) in [6.07, 6.45) is 1.10. The molecular formula is C21H29BrN2O2. The molecule has 0 atom stereocenters. The van der Waals surface area contributed by atoms with E-state index >= 15 is 0 Å². The van der Waals surface area contributed by atoms with Gasteiger partial charge in [0.15, 0.2) is 11.5 Å². The van der Waals surface area contributed by atoms with Crippen LogP contribution in [0.4, 0.5) is 0 Å². The number of hydrogen-bond donors (Lipinski definition) is 2. The van der Waals surface area contributed by atoms with Crippen LogP contribution in [0.5, 0.6) is 11.5 Å². The van der Waals surface area contributed by atoms with Crippen LogP contribution in [0.2, 0.25) is 0 Å².